The predicted molar refractivity (Wildman–Crippen MR) is 161 cm³/mol. The van der Waals surface area contributed by atoms with Gasteiger partial charge in [0.05, 0.1) is 41.5 Å². The van der Waals surface area contributed by atoms with Crippen molar-refractivity contribution in [2.24, 2.45) is 5.92 Å². The summed E-state index contributed by atoms with van der Waals surface area (Å²) in [7, 11) is 7.79. The summed E-state index contributed by atoms with van der Waals surface area (Å²) < 4.78 is 38.7. The second-order valence-corrected chi connectivity index (χ2v) is 10.5. The van der Waals surface area contributed by atoms with E-state index in [9.17, 15) is 9.59 Å². The number of amides is 1. The van der Waals surface area contributed by atoms with Crippen LogP contribution in [-0.2, 0) is 14.3 Å². The molecule has 10 nitrogen and oxygen atoms in total. The topological polar surface area (TPSA) is 102 Å². The number of rotatable bonds is 13. The quantitative estimate of drug-likeness (QED) is 0.176. The Kier molecular flexibility index (Phi) is 11.4. The van der Waals surface area contributed by atoms with Crippen LogP contribution in [0.4, 0.5) is 0 Å². The maximum Gasteiger partial charge on any atom is 0.328 e. The molecule has 1 amide bonds. The molecule has 43 heavy (non-hydrogen) atoms. The first-order valence-electron chi connectivity index (χ1n) is 14.7. The molecule has 3 atom stereocenters. The fraction of sp³-hybridized carbons (Fsp3) is 0.515. The zero-order valence-electron chi connectivity index (χ0n) is 25.8. The normalized spacial score (nSPS) is 18.8. The van der Waals surface area contributed by atoms with Crippen molar-refractivity contribution in [2.45, 2.75) is 50.5 Å². The zero-order valence-corrected chi connectivity index (χ0v) is 25.8. The number of hydrogen-bond donors (Lipinski definition) is 0. The third-order valence-electron chi connectivity index (χ3n) is 8.04. The van der Waals surface area contributed by atoms with E-state index in [0.29, 0.717) is 47.5 Å². The molecule has 1 saturated heterocycles. The number of benzene rings is 2. The van der Waals surface area contributed by atoms with E-state index in [4.69, 9.17) is 33.2 Å². The van der Waals surface area contributed by atoms with E-state index in [2.05, 4.69) is 12.2 Å². The first-order chi connectivity index (χ1) is 20.9. The number of likely N-dealkylation sites (tertiary alicyclic amines) is 1. The molecule has 0 N–H and O–H groups in total. The van der Waals surface area contributed by atoms with Crippen LogP contribution in [0.3, 0.4) is 0 Å². The number of ether oxygens (including phenoxy) is 7. The molecule has 2 aromatic rings. The number of esters is 1. The number of carbonyl (C=O) groups is 2. The Morgan fingerprint density at radius 3 is 2.16 bits per heavy atom. The fourth-order valence-electron chi connectivity index (χ4n) is 5.89. The molecule has 4 rings (SSSR count). The van der Waals surface area contributed by atoms with Gasteiger partial charge in [-0.25, -0.2) is 4.79 Å². The van der Waals surface area contributed by atoms with Crippen LogP contribution in [0.15, 0.2) is 42.5 Å². The summed E-state index contributed by atoms with van der Waals surface area (Å²) in [6, 6.07) is 8.24. The summed E-state index contributed by atoms with van der Waals surface area (Å²) in [6.07, 6.45) is 9.29. The minimum absolute atomic E-state index is 0.0301. The Bertz CT molecular complexity index is 1250. The summed E-state index contributed by atoms with van der Waals surface area (Å²) in [6.45, 7) is 0.689. The number of carbonyl (C=O) groups excluding carboxylic acids is 2. The molecule has 1 aliphatic carbocycles. The lowest BCUT2D eigenvalue weighted by molar-refractivity contribution is -0.158. The molecule has 1 heterocycles. The standard InChI is InChI=1S/C33H43NO9/c1-37-26-15-14-24(21-27(26)38-2)42-17-18-43-33(36)25-13-9-10-16-34(25)32(35)30(22-11-7-6-8-12-22)23-19-28(39-3)31(41-5)29(20-23)40-4/h7,11,14-15,19-22,25,30H,6,8-10,12-13,16-18H2,1-5H3/t22-,25+,30+/m1/s1. The van der Waals surface area contributed by atoms with Gasteiger partial charge in [0.15, 0.2) is 23.0 Å². The summed E-state index contributed by atoms with van der Waals surface area (Å²) in [4.78, 5) is 29.5. The largest absolute Gasteiger partial charge is 0.493 e. The Labute approximate surface area is 253 Å². The van der Waals surface area contributed by atoms with Crippen LogP contribution in [0.25, 0.3) is 0 Å². The van der Waals surface area contributed by atoms with Gasteiger partial charge in [-0.05, 0) is 74.3 Å². The summed E-state index contributed by atoms with van der Waals surface area (Å²) >= 11 is 0. The van der Waals surface area contributed by atoms with E-state index in [1.54, 1.807) is 58.6 Å². The maximum atomic E-state index is 14.4. The van der Waals surface area contributed by atoms with Crippen LogP contribution < -0.4 is 28.4 Å². The van der Waals surface area contributed by atoms with Crippen molar-refractivity contribution in [1.82, 2.24) is 4.90 Å². The van der Waals surface area contributed by atoms with Crippen LogP contribution in [-0.4, -0.2) is 78.1 Å². The molecule has 0 spiro atoms. The minimum atomic E-state index is -0.667. The second kappa shape index (κ2) is 15.4. The Morgan fingerprint density at radius 2 is 1.53 bits per heavy atom. The summed E-state index contributed by atoms with van der Waals surface area (Å²) in [5, 5.41) is 0. The van der Waals surface area contributed by atoms with Gasteiger partial charge in [-0.1, -0.05) is 12.2 Å². The smallest absolute Gasteiger partial charge is 0.328 e. The van der Waals surface area contributed by atoms with Crippen LogP contribution >= 0.6 is 0 Å². The lowest BCUT2D eigenvalue weighted by Crippen LogP contribution is -2.51. The maximum absolute atomic E-state index is 14.4. The SMILES string of the molecule is COc1ccc(OCCOC(=O)[C@@H]2CCCCN2C(=O)[C@H](c2cc(OC)c(OC)c(OC)c2)[C@@H]2C=CCCC2)cc1OC. The van der Waals surface area contributed by atoms with Crippen molar-refractivity contribution in [1.29, 1.82) is 0 Å². The molecule has 234 valence electrons. The predicted octanol–water partition coefficient (Wildman–Crippen LogP) is 5.17. The van der Waals surface area contributed by atoms with E-state index >= 15 is 0 Å². The Hall–Kier alpha value is -4.08. The fourth-order valence-corrected chi connectivity index (χ4v) is 5.89. The van der Waals surface area contributed by atoms with Crippen molar-refractivity contribution in [3.8, 4) is 34.5 Å². The minimum Gasteiger partial charge on any atom is -0.493 e. The van der Waals surface area contributed by atoms with Crippen molar-refractivity contribution >= 4 is 11.9 Å². The van der Waals surface area contributed by atoms with Crippen molar-refractivity contribution in [3.05, 3.63) is 48.0 Å². The van der Waals surface area contributed by atoms with E-state index in [-0.39, 0.29) is 25.0 Å². The van der Waals surface area contributed by atoms with Gasteiger partial charge in [0, 0.05) is 12.6 Å². The van der Waals surface area contributed by atoms with Gasteiger partial charge in [-0.3, -0.25) is 4.79 Å². The molecule has 0 aromatic heterocycles. The van der Waals surface area contributed by atoms with Gasteiger partial charge >= 0.3 is 5.97 Å². The Balaban J connectivity index is 1.50. The third kappa shape index (κ3) is 7.47. The highest BCUT2D eigenvalue weighted by Gasteiger charge is 2.40. The molecule has 0 unspecified atom stereocenters. The average molecular weight is 598 g/mol. The summed E-state index contributed by atoms with van der Waals surface area (Å²) in [5.74, 6) is 2.06. The van der Waals surface area contributed by atoms with Gasteiger partial charge in [0.25, 0.3) is 0 Å². The average Bonchev–Trinajstić information content (AvgIpc) is 3.06. The number of hydrogen-bond acceptors (Lipinski definition) is 9. The lowest BCUT2D eigenvalue weighted by atomic mass is 9.78. The zero-order chi connectivity index (χ0) is 30.8. The lowest BCUT2D eigenvalue weighted by Gasteiger charge is -2.38. The molecule has 0 bridgehead atoms. The van der Waals surface area contributed by atoms with Crippen LogP contribution in [0.1, 0.15) is 50.0 Å². The highest BCUT2D eigenvalue weighted by atomic mass is 16.6. The monoisotopic (exact) mass is 597 g/mol. The number of allylic oxidation sites excluding steroid dienone is 2. The highest BCUT2D eigenvalue weighted by molar-refractivity contribution is 5.89. The Morgan fingerprint density at radius 1 is 0.814 bits per heavy atom. The van der Waals surface area contributed by atoms with Gasteiger partial charge in [-0.15, -0.1) is 0 Å². The molecule has 0 radical (unpaired) electrons. The van der Waals surface area contributed by atoms with Crippen molar-refractivity contribution in [3.63, 3.8) is 0 Å². The molecule has 2 aromatic carbocycles. The molecule has 10 heteroatoms. The second-order valence-electron chi connectivity index (χ2n) is 10.5. The summed E-state index contributed by atoms with van der Waals surface area (Å²) in [5.41, 5.74) is 0.761. The van der Waals surface area contributed by atoms with Gasteiger partial charge in [0.1, 0.15) is 25.0 Å². The van der Waals surface area contributed by atoms with Crippen LogP contribution in [0, 0.1) is 5.92 Å². The van der Waals surface area contributed by atoms with E-state index < -0.39 is 17.9 Å². The van der Waals surface area contributed by atoms with E-state index in [1.165, 1.54) is 0 Å². The molecule has 1 aliphatic heterocycles. The van der Waals surface area contributed by atoms with E-state index in [1.807, 2.05) is 12.1 Å². The van der Waals surface area contributed by atoms with Gasteiger partial charge in [0.2, 0.25) is 11.7 Å². The van der Waals surface area contributed by atoms with Crippen molar-refractivity contribution in [2.75, 3.05) is 55.3 Å². The molecular formula is C33H43NO9. The molecule has 1 fully saturated rings. The van der Waals surface area contributed by atoms with Crippen molar-refractivity contribution < 1.29 is 42.7 Å². The number of piperidine rings is 1. The first-order valence-corrected chi connectivity index (χ1v) is 14.7. The molecular weight excluding hydrogens is 554 g/mol. The molecule has 2 aliphatic rings. The number of nitrogens with zero attached hydrogens (tertiary/aromatic N) is 1. The van der Waals surface area contributed by atoms with E-state index in [0.717, 1.165) is 37.7 Å². The first kappa shape index (κ1) is 31.8. The molecule has 0 saturated carbocycles. The van der Waals surface area contributed by atoms with Gasteiger partial charge < -0.3 is 38.1 Å². The highest BCUT2D eigenvalue weighted by Crippen LogP contribution is 2.44. The van der Waals surface area contributed by atoms with Crippen LogP contribution in [0.2, 0.25) is 0 Å². The number of methoxy groups -OCH3 is 5. The van der Waals surface area contributed by atoms with Gasteiger partial charge in [-0.2, -0.15) is 0 Å². The van der Waals surface area contributed by atoms with Crippen LogP contribution in [0.5, 0.6) is 34.5 Å². The third-order valence-corrected chi connectivity index (χ3v) is 8.04.